The number of allylic oxidation sites excluding steroid dienone is 2. The molecule has 0 spiro atoms. The number of hydrogen-bond acceptors (Lipinski definition) is 10. The van der Waals surface area contributed by atoms with Crippen molar-refractivity contribution >= 4 is 11.9 Å². The van der Waals surface area contributed by atoms with Crippen molar-refractivity contribution in [2.75, 3.05) is 19.8 Å². The number of carbonyl (C=O) groups is 2. The highest BCUT2D eigenvalue weighted by atomic mass is 16.7. The van der Waals surface area contributed by atoms with Crippen LogP contribution in [0.5, 0.6) is 0 Å². The molecule has 0 aromatic heterocycles. The van der Waals surface area contributed by atoms with Gasteiger partial charge in [-0.3, -0.25) is 9.59 Å². The Morgan fingerprint density at radius 3 is 1.58 bits per heavy atom. The smallest absolute Gasteiger partial charge is 0.306 e. The fourth-order valence-electron chi connectivity index (χ4n) is 6.12. The Labute approximate surface area is 303 Å². The van der Waals surface area contributed by atoms with Gasteiger partial charge in [0.15, 0.2) is 12.4 Å². The summed E-state index contributed by atoms with van der Waals surface area (Å²) in [7, 11) is 0. The van der Waals surface area contributed by atoms with Crippen molar-refractivity contribution in [3.63, 3.8) is 0 Å². The number of ether oxygens (including phenoxy) is 4. The summed E-state index contributed by atoms with van der Waals surface area (Å²) >= 11 is 0. The van der Waals surface area contributed by atoms with Crippen LogP contribution in [0.15, 0.2) is 12.2 Å². The Hall–Kier alpha value is -1.56. The topological polar surface area (TPSA) is 152 Å². The molecule has 1 aliphatic heterocycles. The lowest BCUT2D eigenvalue weighted by Crippen LogP contribution is -2.59. The van der Waals surface area contributed by atoms with Crippen LogP contribution in [0.4, 0.5) is 0 Å². The Morgan fingerprint density at radius 1 is 0.600 bits per heavy atom. The van der Waals surface area contributed by atoms with Gasteiger partial charge in [0.05, 0.1) is 13.2 Å². The summed E-state index contributed by atoms with van der Waals surface area (Å²) in [6.45, 7) is 3.38. The molecule has 1 saturated heterocycles. The Bertz CT molecular complexity index is 835. The maximum atomic E-state index is 12.7. The zero-order valence-electron chi connectivity index (χ0n) is 31.7. The predicted molar refractivity (Wildman–Crippen MR) is 196 cm³/mol. The fraction of sp³-hybridized carbons (Fsp3) is 0.900. The first-order valence-corrected chi connectivity index (χ1v) is 20.3. The second-order valence-electron chi connectivity index (χ2n) is 14.1. The molecular weight excluding hydrogens is 640 g/mol. The number of hydrogen-bond donors (Lipinski definition) is 4. The summed E-state index contributed by atoms with van der Waals surface area (Å²) in [6, 6.07) is 0. The van der Waals surface area contributed by atoms with E-state index in [-0.39, 0.29) is 32.0 Å². The van der Waals surface area contributed by atoms with Gasteiger partial charge < -0.3 is 39.4 Å². The Balaban J connectivity index is 2.38. The van der Waals surface area contributed by atoms with Crippen LogP contribution in [0.2, 0.25) is 0 Å². The van der Waals surface area contributed by atoms with Crippen LogP contribution in [0.1, 0.15) is 174 Å². The molecule has 50 heavy (non-hydrogen) atoms. The van der Waals surface area contributed by atoms with Crippen molar-refractivity contribution in [2.24, 2.45) is 0 Å². The second kappa shape index (κ2) is 32.1. The highest BCUT2D eigenvalue weighted by molar-refractivity contribution is 5.70. The van der Waals surface area contributed by atoms with Gasteiger partial charge in [0.25, 0.3) is 0 Å². The molecule has 2 unspecified atom stereocenters. The van der Waals surface area contributed by atoms with Gasteiger partial charge in [-0.1, -0.05) is 135 Å². The molecule has 0 amide bonds. The molecule has 0 bridgehead atoms. The maximum absolute atomic E-state index is 12.7. The van der Waals surface area contributed by atoms with Gasteiger partial charge in [0, 0.05) is 12.8 Å². The number of aliphatic hydroxyl groups excluding tert-OH is 4. The summed E-state index contributed by atoms with van der Waals surface area (Å²) in [5.41, 5.74) is 0. The van der Waals surface area contributed by atoms with E-state index in [2.05, 4.69) is 26.0 Å². The first-order chi connectivity index (χ1) is 24.3. The van der Waals surface area contributed by atoms with Gasteiger partial charge in [-0.15, -0.1) is 0 Å². The van der Waals surface area contributed by atoms with Crippen LogP contribution in [0.25, 0.3) is 0 Å². The van der Waals surface area contributed by atoms with E-state index in [1.807, 2.05) is 0 Å². The Morgan fingerprint density at radius 2 is 1.06 bits per heavy atom. The molecule has 0 saturated carbocycles. The summed E-state index contributed by atoms with van der Waals surface area (Å²) in [6.07, 6.45) is 23.7. The molecule has 1 rings (SSSR count). The van der Waals surface area contributed by atoms with Crippen LogP contribution >= 0.6 is 0 Å². The molecule has 0 radical (unpaired) electrons. The summed E-state index contributed by atoms with van der Waals surface area (Å²) < 4.78 is 22.0. The van der Waals surface area contributed by atoms with E-state index in [0.29, 0.717) is 6.42 Å². The average Bonchev–Trinajstić information content (AvgIpc) is 3.11. The maximum Gasteiger partial charge on any atom is 0.306 e. The minimum atomic E-state index is -1.59. The predicted octanol–water partition coefficient (Wildman–Crippen LogP) is 7.61. The largest absolute Gasteiger partial charge is 0.462 e. The SMILES string of the molecule is CCCCCCCCCC/C=C/CCCCCC(=O)O[C@H](COC(=O)CCCCCCCCCCCC)CO[C@@H]1O[C@H](CO)[C@H](O)C(O)C1O. The Kier molecular flexibility index (Phi) is 29.8. The molecule has 294 valence electrons. The second-order valence-corrected chi connectivity index (χ2v) is 14.1. The van der Waals surface area contributed by atoms with Crippen LogP contribution in [0.3, 0.4) is 0 Å². The van der Waals surface area contributed by atoms with Gasteiger partial charge in [0.2, 0.25) is 0 Å². The molecule has 1 heterocycles. The molecule has 1 fully saturated rings. The zero-order valence-corrected chi connectivity index (χ0v) is 31.7. The van der Waals surface area contributed by atoms with Crippen molar-refractivity contribution in [2.45, 2.75) is 211 Å². The van der Waals surface area contributed by atoms with Gasteiger partial charge in [-0.2, -0.15) is 0 Å². The highest BCUT2D eigenvalue weighted by Gasteiger charge is 2.44. The molecule has 0 aliphatic carbocycles. The van der Waals surface area contributed by atoms with E-state index < -0.39 is 49.4 Å². The minimum absolute atomic E-state index is 0.213. The van der Waals surface area contributed by atoms with Gasteiger partial charge in [-0.05, 0) is 38.5 Å². The van der Waals surface area contributed by atoms with Crippen LogP contribution in [-0.2, 0) is 28.5 Å². The van der Waals surface area contributed by atoms with E-state index >= 15 is 0 Å². The van der Waals surface area contributed by atoms with Crippen LogP contribution in [0, 0.1) is 0 Å². The number of aliphatic hydroxyl groups is 4. The number of rotatable bonds is 33. The lowest BCUT2D eigenvalue weighted by atomic mass is 9.99. The van der Waals surface area contributed by atoms with E-state index in [0.717, 1.165) is 44.9 Å². The fourth-order valence-corrected chi connectivity index (χ4v) is 6.12. The van der Waals surface area contributed by atoms with Crippen LogP contribution < -0.4 is 0 Å². The number of unbranched alkanes of at least 4 members (excludes halogenated alkanes) is 20. The van der Waals surface area contributed by atoms with Crippen molar-refractivity contribution in [3.05, 3.63) is 12.2 Å². The lowest BCUT2D eigenvalue weighted by Gasteiger charge is -2.39. The zero-order chi connectivity index (χ0) is 36.7. The van der Waals surface area contributed by atoms with Gasteiger partial charge in [0.1, 0.15) is 31.0 Å². The summed E-state index contributed by atoms with van der Waals surface area (Å²) in [5, 5.41) is 39.9. The van der Waals surface area contributed by atoms with Gasteiger partial charge >= 0.3 is 11.9 Å². The lowest BCUT2D eigenvalue weighted by molar-refractivity contribution is -0.305. The van der Waals surface area contributed by atoms with E-state index in [1.54, 1.807) is 0 Å². The van der Waals surface area contributed by atoms with E-state index in [1.165, 1.54) is 96.3 Å². The normalized spacial score (nSPS) is 21.4. The third kappa shape index (κ3) is 23.8. The molecule has 0 aromatic rings. The van der Waals surface area contributed by atoms with Crippen molar-refractivity contribution in [1.82, 2.24) is 0 Å². The van der Waals surface area contributed by atoms with E-state index in [4.69, 9.17) is 18.9 Å². The molecule has 10 heteroatoms. The third-order valence-electron chi connectivity index (χ3n) is 9.40. The van der Waals surface area contributed by atoms with Crippen LogP contribution in [-0.4, -0.2) is 89.0 Å². The van der Waals surface area contributed by atoms with E-state index in [9.17, 15) is 30.0 Å². The highest BCUT2D eigenvalue weighted by Crippen LogP contribution is 2.22. The van der Waals surface area contributed by atoms with Crippen molar-refractivity contribution in [3.8, 4) is 0 Å². The van der Waals surface area contributed by atoms with Crippen molar-refractivity contribution < 1.29 is 49.0 Å². The number of esters is 2. The standard InChI is InChI=1S/C40H74O10/c1-3-5-7-9-11-13-15-16-17-18-19-21-23-25-27-29-36(43)49-33(32-48-40-39(46)38(45)37(44)34(30-41)50-40)31-47-35(42)28-26-24-22-20-14-12-10-8-6-4-2/h18-19,33-34,37-41,44-46H,3-17,20-32H2,1-2H3/b19-18+/t33-,34-,37+,38?,39?,40-/m1/s1. The first kappa shape index (κ1) is 46.5. The molecule has 10 nitrogen and oxygen atoms in total. The molecule has 6 atom stereocenters. The average molecular weight is 715 g/mol. The number of carbonyl (C=O) groups excluding carboxylic acids is 2. The summed E-state index contributed by atoms with van der Waals surface area (Å²) in [4.78, 5) is 25.1. The molecular formula is C40H74O10. The molecule has 4 N–H and O–H groups in total. The molecule has 0 aromatic carbocycles. The molecule has 1 aliphatic rings. The third-order valence-corrected chi connectivity index (χ3v) is 9.40. The quantitative estimate of drug-likeness (QED) is 0.0304. The minimum Gasteiger partial charge on any atom is -0.462 e. The summed E-state index contributed by atoms with van der Waals surface area (Å²) in [5.74, 6) is -0.822. The first-order valence-electron chi connectivity index (χ1n) is 20.3. The van der Waals surface area contributed by atoms with Crippen molar-refractivity contribution in [1.29, 1.82) is 0 Å². The monoisotopic (exact) mass is 715 g/mol. The van der Waals surface area contributed by atoms with Gasteiger partial charge in [-0.25, -0.2) is 0 Å².